The Kier molecular flexibility index (Phi) is 4.58. The molecule has 0 saturated heterocycles. The topological polar surface area (TPSA) is 87.0 Å². The van der Waals surface area contributed by atoms with Gasteiger partial charge >= 0.3 is 5.97 Å². The van der Waals surface area contributed by atoms with Gasteiger partial charge in [-0.2, -0.15) is 0 Å². The molecule has 116 valence electrons. The number of rotatable bonds is 5. The lowest BCUT2D eigenvalue weighted by Crippen LogP contribution is -2.13. The van der Waals surface area contributed by atoms with Crippen molar-refractivity contribution < 1.29 is 14.3 Å². The van der Waals surface area contributed by atoms with Gasteiger partial charge in [0.25, 0.3) is 0 Å². The Balaban J connectivity index is 1.61. The monoisotopic (exact) mass is 392 g/mol. The third-order valence-corrected chi connectivity index (χ3v) is 4.56. The average molecular weight is 393 g/mol. The van der Waals surface area contributed by atoms with Crippen molar-refractivity contribution in [3.63, 3.8) is 0 Å². The Hall–Kier alpha value is -2.39. The van der Waals surface area contributed by atoms with E-state index < -0.39 is 5.97 Å². The summed E-state index contributed by atoms with van der Waals surface area (Å²) in [4.78, 5) is 24.4. The van der Waals surface area contributed by atoms with Gasteiger partial charge in [0.2, 0.25) is 5.78 Å². The number of tetrazole rings is 1. The lowest BCUT2D eigenvalue weighted by Gasteiger charge is -2.04. The molecule has 0 amide bonds. The van der Waals surface area contributed by atoms with Crippen LogP contribution in [0.15, 0.2) is 46.5 Å². The number of aromatic nitrogens is 4. The number of nitrogens with zero attached hydrogens (tertiary/aromatic N) is 4. The summed E-state index contributed by atoms with van der Waals surface area (Å²) in [7, 11) is 0. The van der Waals surface area contributed by atoms with Crippen LogP contribution in [0.5, 0.6) is 0 Å². The largest absolute Gasteiger partial charge is 0.454 e. The molecule has 3 aromatic rings. The first-order valence-electron chi connectivity index (χ1n) is 6.42. The highest BCUT2D eigenvalue weighted by molar-refractivity contribution is 9.11. The van der Waals surface area contributed by atoms with Gasteiger partial charge in [0, 0.05) is 0 Å². The number of carbonyl (C=O) groups is 2. The molecular formula is C14H9BrN4O3S. The Morgan fingerprint density at radius 2 is 1.96 bits per heavy atom. The van der Waals surface area contributed by atoms with Crippen LogP contribution < -0.4 is 0 Å². The fourth-order valence-corrected chi connectivity index (χ4v) is 3.09. The molecule has 23 heavy (non-hydrogen) atoms. The summed E-state index contributed by atoms with van der Waals surface area (Å²) in [5, 5.41) is 10.8. The van der Waals surface area contributed by atoms with E-state index in [2.05, 4.69) is 31.5 Å². The van der Waals surface area contributed by atoms with E-state index >= 15 is 0 Å². The maximum Gasteiger partial charge on any atom is 0.338 e. The smallest absolute Gasteiger partial charge is 0.338 e. The van der Waals surface area contributed by atoms with Gasteiger partial charge in [-0.3, -0.25) is 4.79 Å². The number of halogens is 1. The van der Waals surface area contributed by atoms with Crippen LogP contribution in [0.25, 0.3) is 5.69 Å². The van der Waals surface area contributed by atoms with Crippen molar-refractivity contribution in [1.29, 1.82) is 0 Å². The van der Waals surface area contributed by atoms with E-state index in [1.165, 1.54) is 22.3 Å². The summed E-state index contributed by atoms with van der Waals surface area (Å²) in [6.45, 7) is -0.291. The Bertz CT molecular complexity index is 830. The highest BCUT2D eigenvalue weighted by atomic mass is 79.9. The third kappa shape index (κ3) is 3.69. The summed E-state index contributed by atoms with van der Waals surface area (Å²) < 4.78 is 7.36. The van der Waals surface area contributed by atoms with Crippen LogP contribution in [0.3, 0.4) is 0 Å². The summed E-state index contributed by atoms with van der Waals surface area (Å²) in [5.74, 6) is -0.795. The maximum atomic E-state index is 12.0. The summed E-state index contributed by atoms with van der Waals surface area (Å²) in [6, 6.07) is 10.0. The van der Waals surface area contributed by atoms with Crippen molar-refractivity contribution in [2.75, 3.05) is 6.61 Å². The molecule has 2 aromatic heterocycles. The number of hydrogen-bond acceptors (Lipinski definition) is 7. The Morgan fingerprint density at radius 3 is 2.57 bits per heavy atom. The number of ether oxygens (including phenoxy) is 1. The van der Waals surface area contributed by atoms with E-state index in [1.807, 2.05) is 0 Å². The number of benzene rings is 1. The molecule has 2 heterocycles. The number of carbonyl (C=O) groups excluding carboxylic acids is 2. The van der Waals surface area contributed by atoms with Crippen LogP contribution in [-0.2, 0) is 4.74 Å². The minimum Gasteiger partial charge on any atom is -0.454 e. The van der Waals surface area contributed by atoms with Crippen molar-refractivity contribution in [1.82, 2.24) is 20.2 Å². The molecule has 0 fully saturated rings. The molecule has 1 aromatic carbocycles. The molecule has 0 bridgehead atoms. The fourth-order valence-electron chi connectivity index (χ4n) is 1.78. The van der Waals surface area contributed by atoms with Crippen molar-refractivity contribution in [2.45, 2.75) is 0 Å². The number of thiophene rings is 1. The molecular weight excluding hydrogens is 384 g/mol. The van der Waals surface area contributed by atoms with Crippen LogP contribution in [0.4, 0.5) is 0 Å². The number of Topliss-reactive ketones (excluding diaryl/α,β-unsaturated/α-hetero) is 1. The highest BCUT2D eigenvalue weighted by Crippen LogP contribution is 2.22. The van der Waals surface area contributed by atoms with Gasteiger partial charge < -0.3 is 4.74 Å². The average Bonchev–Trinajstić information content (AvgIpc) is 3.24. The lowest BCUT2D eigenvalue weighted by molar-refractivity contribution is 0.0476. The zero-order chi connectivity index (χ0) is 16.2. The number of ketones is 1. The molecule has 0 saturated carbocycles. The molecule has 0 aliphatic heterocycles. The van der Waals surface area contributed by atoms with Crippen LogP contribution in [0.1, 0.15) is 20.0 Å². The molecule has 0 atom stereocenters. The second kappa shape index (κ2) is 6.80. The molecule has 0 aliphatic carbocycles. The maximum absolute atomic E-state index is 12.0. The third-order valence-electron chi connectivity index (χ3n) is 2.90. The fraction of sp³-hybridized carbons (Fsp3) is 0.0714. The normalized spacial score (nSPS) is 10.5. The summed E-state index contributed by atoms with van der Waals surface area (Å²) in [6.07, 6.45) is 1.45. The predicted molar refractivity (Wildman–Crippen MR) is 85.8 cm³/mol. The first-order valence-corrected chi connectivity index (χ1v) is 8.03. The van der Waals surface area contributed by atoms with Crippen molar-refractivity contribution in [2.24, 2.45) is 0 Å². The molecule has 9 heteroatoms. The van der Waals surface area contributed by atoms with Crippen LogP contribution >= 0.6 is 27.3 Å². The highest BCUT2D eigenvalue weighted by Gasteiger charge is 2.13. The minimum absolute atomic E-state index is 0.237. The predicted octanol–water partition coefficient (Wildman–Crippen LogP) is 2.53. The zero-order valence-corrected chi connectivity index (χ0v) is 14.0. The molecule has 0 radical (unpaired) electrons. The van der Waals surface area contributed by atoms with Crippen molar-refractivity contribution >= 4 is 39.0 Å². The molecule has 0 unspecified atom stereocenters. The molecule has 0 aliphatic rings. The molecule has 0 spiro atoms. The molecule has 3 rings (SSSR count). The van der Waals surface area contributed by atoms with Crippen LogP contribution in [0, 0.1) is 0 Å². The van der Waals surface area contributed by atoms with E-state index in [0.717, 1.165) is 3.79 Å². The summed E-state index contributed by atoms with van der Waals surface area (Å²) >= 11 is 4.58. The quantitative estimate of drug-likeness (QED) is 0.489. The van der Waals surface area contributed by atoms with Crippen LogP contribution in [0.2, 0.25) is 0 Å². The Morgan fingerprint density at radius 1 is 1.17 bits per heavy atom. The number of hydrogen-bond donors (Lipinski definition) is 0. The van der Waals surface area contributed by atoms with Gasteiger partial charge in [-0.1, -0.05) is 0 Å². The second-order valence-electron chi connectivity index (χ2n) is 4.40. The standard InChI is InChI=1S/C14H9BrN4O3S/c15-13-6-5-12(23-13)11(20)7-22-14(21)9-1-3-10(4-2-9)19-8-16-17-18-19/h1-6,8H,7H2. The van der Waals surface area contributed by atoms with Crippen molar-refractivity contribution in [3.8, 4) is 5.69 Å². The zero-order valence-electron chi connectivity index (χ0n) is 11.5. The second-order valence-corrected chi connectivity index (χ2v) is 6.87. The van der Waals surface area contributed by atoms with E-state index in [4.69, 9.17) is 4.74 Å². The van der Waals surface area contributed by atoms with Gasteiger partial charge in [0.15, 0.2) is 6.61 Å². The van der Waals surface area contributed by atoms with E-state index in [9.17, 15) is 9.59 Å². The Labute approximate surface area is 143 Å². The van der Waals surface area contributed by atoms with Gasteiger partial charge in [-0.25, -0.2) is 9.48 Å². The van der Waals surface area contributed by atoms with Crippen LogP contribution in [-0.4, -0.2) is 38.6 Å². The molecule has 0 N–H and O–H groups in total. The molecule has 7 nitrogen and oxygen atoms in total. The van der Waals surface area contributed by atoms with Crippen molar-refractivity contribution in [3.05, 3.63) is 57.0 Å². The van der Waals surface area contributed by atoms with E-state index in [1.54, 1.807) is 36.4 Å². The lowest BCUT2D eigenvalue weighted by atomic mass is 10.2. The minimum atomic E-state index is -0.558. The first-order chi connectivity index (χ1) is 11.1. The van der Waals surface area contributed by atoms with Gasteiger partial charge in [0.1, 0.15) is 6.33 Å². The first kappa shape index (κ1) is 15.5. The van der Waals surface area contributed by atoms with E-state index in [0.29, 0.717) is 16.1 Å². The summed E-state index contributed by atoms with van der Waals surface area (Å²) in [5.41, 5.74) is 1.06. The van der Waals surface area contributed by atoms with E-state index in [-0.39, 0.29) is 12.4 Å². The number of esters is 1. The van der Waals surface area contributed by atoms with Gasteiger partial charge in [-0.15, -0.1) is 16.4 Å². The van der Waals surface area contributed by atoms with Gasteiger partial charge in [0.05, 0.1) is 19.9 Å². The SMILES string of the molecule is O=C(OCC(=O)c1ccc(Br)s1)c1ccc(-n2cnnn2)cc1. The van der Waals surface area contributed by atoms with Gasteiger partial charge in [-0.05, 0) is 62.8 Å².